The molecule has 1 aliphatic carbocycles. The van der Waals surface area contributed by atoms with Gasteiger partial charge in [0.1, 0.15) is 5.69 Å². The van der Waals surface area contributed by atoms with Gasteiger partial charge in [-0.2, -0.15) is 0 Å². The van der Waals surface area contributed by atoms with E-state index in [1.807, 2.05) is 12.1 Å². The van der Waals surface area contributed by atoms with Crippen LogP contribution in [0.1, 0.15) is 52.7 Å². The van der Waals surface area contributed by atoms with Crippen molar-refractivity contribution in [2.75, 3.05) is 43.6 Å². The Balaban J connectivity index is 1.41. The van der Waals surface area contributed by atoms with Crippen LogP contribution in [0.5, 0.6) is 0 Å². The first-order chi connectivity index (χ1) is 16.4. The average molecular weight is 489 g/mol. The van der Waals surface area contributed by atoms with Crippen LogP contribution < -0.4 is 21.3 Å². The van der Waals surface area contributed by atoms with Gasteiger partial charge in [-0.1, -0.05) is 11.6 Å². The van der Waals surface area contributed by atoms with Crippen LogP contribution in [0.3, 0.4) is 0 Å². The summed E-state index contributed by atoms with van der Waals surface area (Å²) in [5.74, 6) is -1.42. The number of nitrogens with zero attached hydrogens (tertiary/aromatic N) is 3. The molecule has 0 atom stereocenters. The Hall–Kier alpha value is -3.11. The van der Waals surface area contributed by atoms with Crippen LogP contribution in [0.4, 0.5) is 11.4 Å². The molecule has 0 spiro atoms. The Morgan fingerprint density at radius 3 is 2.50 bits per heavy atom. The fourth-order valence-corrected chi connectivity index (χ4v) is 4.81. The van der Waals surface area contributed by atoms with Gasteiger partial charge in [-0.3, -0.25) is 14.4 Å². The third-order valence-corrected chi connectivity index (χ3v) is 6.84. The van der Waals surface area contributed by atoms with Gasteiger partial charge in [0.2, 0.25) is 5.91 Å². The summed E-state index contributed by atoms with van der Waals surface area (Å²) in [6.07, 6.45) is 4.05. The molecule has 2 aromatic rings. The minimum Gasteiger partial charge on any atom is -0.378 e. The molecule has 2 aliphatic rings. The summed E-state index contributed by atoms with van der Waals surface area (Å²) < 4.78 is 7.08. The van der Waals surface area contributed by atoms with Crippen molar-refractivity contribution >= 4 is 40.7 Å². The van der Waals surface area contributed by atoms with Crippen molar-refractivity contribution < 1.29 is 19.1 Å². The third-order valence-electron chi connectivity index (χ3n) is 6.51. The van der Waals surface area contributed by atoms with Crippen LogP contribution >= 0.6 is 11.6 Å². The zero-order valence-corrected chi connectivity index (χ0v) is 19.8. The standard InChI is InChI=1S/C23H29ClN6O4/c1-26-23(33)19-20(21(25)31)30(13-27-19)15-4-2-14(3-5-15)22(32)28-18-12-16(6-7-17(18)24)29-8-10-34-11-9-29/h6-7,12-15H,2-5,8-11H2,1H3,(H2,25,31)(H,26,33)(H,28,32)/t14-,15-. The molecule has 0 unspecified atom stereocenters. The molecule has 11 heteroatoms. The summed E-state index contributed by atoms with van der Waals surface area (Å²) in [7, 11) is 1.47. The van der Waals surface area contributed by atoms with Gasteiger partial charge in [-0.25, -0.2) is 4.98 Å². The molecule has 0 radical (unpaired) electrons. The SMILES string of the molecule is CNC(=O)c1ncn([C@H]2CC[C@H](C(=O)Nc3cc(N4CCOCC4)ccc3Cl)CC2)c1C(N)=O. The van der Waals surface area contributed by atoms with E-state index in [0.29, 0.717) is 49.6 Å². The van der Waals surface area contributed by atoms with E-state index in [1.54, 1.807) is 10.6 Å². The Kier molecular flexibility index (Phi) is 7.38. The smallest absolute Gasteiger partial charge is 0.272 e. The van der Waals surface area contributed by atoms with Crippen LogP contribution in [0.25, 0.3) is 0 Å². The number of primary amides is 1. The lowest BCUT2D eigenvalue weighted by Gasteiger charge is -2.30. The number of benzene rings is 1. The van der Waals surface area contributed by atoms with Crippen molar-refractivity contribution in [3.63, 3.8) is 0 Å². The lowest BCUT2D eigenvalue weighted by molar-refractivity contribution is -0.121. The summed E-state index contributed by atoms with van der Waals surface area (Å²) >= 11 is 6.36. The van der Waals surface area contributed by atoms with Gasteiger partial charge >= 0.3 is 0 Å². The summed E-state index contributed by atoms with van der Waals surface area (Å²) in [5, 5.41) is 5.96. The highest BCUT2D eigenvalue weighted by Gasteiger charge is 2.31. The van der Waals surface area contributed by atoms with Gasteiger partial charge in [0.05, 0.1) is 30.3 Å². The molecule has 1 saturated carbocycles. The number of carbonyl (C=O) groups is 3. The molecule has 2 fully saturated rings. The molecule has 3 amide bonds. The van der Waals surface area contributed by atoms with Gasteiger partial charge in [0, 0.05) is 37.8 Å². The van der Waals surface area contributed by atoms with Crippen molar-refractivity contribution in [1.29, 1.82) is 0 Å². The van der Waals surface area contributed by atoms with E-state index in [0.717, 1.165) is 18.8 Å². The molecule has 34 heavy (non-hydrogen) atoms. The highest BCUT2D eigenvalue weighted by atomic mass is 35.5. The van der Waals surface area contributed by atoms with Crippen LogP contribution in [0, 0.1) is 5.92 Å². The summed E-state index contributed by atoms with van der Waals surface area (Å²) in [6, 6.07) is 5.59. The molecule has 182 valence electrons. The van der Waals surface area contributed by atoms with Gasteiger partial charge in [0.15, 0.2) is 5.69 Å². The maximum absolute atomic E-state index is 13.0. The molecule has 10 nitrogen and oxygen atoms in total. The highest BCUT2D eigenvalue weighted by Crippen LogP contribution is 2.35. The Labute approximate surface area is 202 Å². The van der Waals surface area contributed by atoms with Crippen molar-refractivity contribution in [3.05, 3.63) is 40.9 Å². The molecule has 1 aromatic carbocycles. The molecule has 4 rings (SSSR count). The number of ether oxygens (including phenoxy) is 1. The number of imidazole rings is 1. The molecule has 1 aliphatic heterocycles. The van der Waals surface area contributed by atoms with Crippen molar-refractivity contribution in [2.24, 2.45) is 11.7 Å². The normalized spacial score (nSPS) is 20.6. The Morgan fingerprint density at radius 2 is 1.85 bits per heavy atom. The molecular weight excluding hydrogens is 460 g/mol. The monoisotopic (exact) mass is 488 g/mol. The van der Waals surface area contributed by atoms with Crippen molar-refractivity contribution in [2.45, 2.75) is 31.7 Å². The van der Waals surface area contributed by atoms with Crippen molar-refractivity contribution in [1.82, 2.24) is 14.9 Å². The van der Waals surface area contributed by atoms with E-state index >= 15 is 0 Å². The summed E-state index contributed by atoms with van der Waals surface area (Å²) in [6.45, 7) is 2.93. The predicted octanol–water partition coefficient (Wildman–Crippen LogP) is 2.20. The number of rotatable bonds is 6. The lowest BCUT2D eigenvalue weighted by Crippen LogP contribution is -2.36. The third kappa shape index (κ3) is 5.02. The van der Waals surface area contributed by atoms with Gasteiger partial charge in [-0.15, -0.1) is 0 Å². The number of morpholine rings is 1. The van der Waals surface area contributed by atoms with Crippen LogP contribution in [-0.2, 0) is 9.53 Å². The second-order valence-electron chi connectivity index (χ2n) is 8.55. The van der Waals surface area contributed by atoms with E-state index in [-0.39, 0.29) is 29.3 Å². The van der Waals surface area contributed by atoms with Gasteiger partial charge in [0.25, 0.3) is 11.8 Å². The fraction of sp³-hybridized carbons (Fsp3) is 0.478. The van der Waals surface area contributed by atoms with Crippen molar-refractivity contribution in [3.8, 4) is 0 Å². The lowest BCUT2D eigenvalue weighted by atomic mass is 9.85. The number of amides is 3. The quantitative estimate of drug-likeness (QED) is 0.571. The van der Waals surface area contributed by atoms with Crippen LogP contribution in [-0.4, -0.2) is 60.6 Å². The van der Waals surface area contributed by atoms with Gasteiger partial charge < -0.3 is 30.6 Å². The molecule has 0 bridgehead atoms. The maximum Gasteiger partial charge on any atom is 0.272 e. The first-order valence-electron chi connectivity index (χ1n) is 11.4. The average Bonchev–Trinajstić information content (AvgIpc) is 3.31. The molecule has 4 N–H and O–H groups in total. The topological polar surface area (TPSA) is 132 Å². The van der Waals surface area contributed by atoms with Crippen LogP contribution in [0.15, 0.2) is 24.5 Å². The largest absolute Gasteiger partial charge is 0.378 e. The number of nitrogens with one attached hydrogen (secondary N) is 2. The second-order valence-corrected chi connectivity index (χ2v) is 8.96. The molecule has 1 aromatic heterocycles. The second kappa shape index (κ2) is 10.4. The number of hydrogen-bond acceptors (Lipinski definition) is 6. The molecular formula is C23H29ClN6O4. The number of anilines is 2. The number of carbonyl (C=O) groups excluding carboxylic acids is 3. The summed E-state index contributed by atoms with van der Waals surface area (Å²) in [5.41, 5.74) is 7.24. The molecule has 2 heterocycles. The Morgan fingerprint density at radius 1 is 1.15 bits per heavy atom. The van der Waals surface area contributed by atoms with E-state index in [4.69, 9.17) is 22.1 Å². The highest BCUT2D eigenvalue weighted by molar-refractivity contribution is 6.33. The van der Waals surface area contributed by atoms with E-state index in [2.05, 4.69) is 20.5 Å². The fourth-order valence-electron chi connectivity index (χ4n) is 4.64. The minimum atomic E-state index is -0.703. The summed E-state index contributed by atoms with van der Waals surface area (Å²) in [4.78, 5) is 43.4. The first kappa shape index (κ1) is 24.0. The Bertz CT molecular complexity index is 1070. The van der Waals surface area contributed by atoms with Gasteiger partial charge in [-0.05, 0) is 43.9 Å². The van der Waals surface area contributed by atoms with E-state index in [1.165, 1.54) is 13.4 Å². The number of halogens is 1. The first-order valence-corrected chi connectivity index (χ1v) is 11.8. The number of nitrogens with two attached hydrogens (primary N) is 1. The van der Waals surface area contributed by atoms with Crippen LogP contribution in [0.2, 0.25) is 5.02 Å². The number of hydrogen-bond donors (Lipinski definition) is 3. The molecule has 1 saturated heterocycles. The zero-order valence-electron chi connectivity index (χ0n) is 19.1. The zero-order chi connectivity index (χ0) is 24.2. The predicted molar refractivity (Wildman–Crippen MR) is 128 cm³/mol. The van der Waals surface area contributed by atoms with E-state index < -0.39 is 11.8 Å². The number of aromatic nitrogens is 2. The van der Waals surface area contributed by atoms with E-state index in [9.17, 15) is 14.4 Å². The minimum absolute atomic E-state index is 0.0182. The maximum atomic E-state index is 13.0.